The summed E-state index contributed by atoms with van der Waals surface area (Å²) in [6.45, 7) is 3.11. The lowest BCUT2D eigenvalue weighted by atomic mass is 10.3. The maximum absolute atomic E-state index is 5.77. The molecule has 19 heavy (non-hydrogen) atoms. The molecule has 0 aliphatic carbocycles. The van der Waals surface area contributed by atoms with Crippen LogP contribution in [0.4, 0.5) is 0 Å². The Labute approximate surface area is 115 Å². The summed E-state index contributed by atoms with van der Waals surface area (Å²) in [7, 11) is 0. The highest BCUT2D eigenvalue weighted by molar-refractivity contribution is 7.08. The van der Waals surface area contributed by atoms with Crippen LogP contribution >= 0.6 is 11.3 Å². The highest BCUT2D eigenvalue weighted by atomic mass is 32.1. The lowest BCUT2D eigenvalue weighted by Gasteiger charge is -2.03. The molecule has 2 N–H and O–H groups in total. The van der Waals surface area contributed by atoms with Crippen molar-refractivity contribution in [1.29, 1.82) is 0 Å². The second kappa shape index (κ2) is 6.83. The van der Waals surface area contributed by atoms with Crippen LogP contribution in [0.15, 0.2) is 22.0 Å². The molecule has 0 bridgehead atoms. The molecule has 0 amide bonds. The molecule has 2 aromatic rings. The van der Waals surface area contributed by atoms with E-state index < -0.39 is 0 Å². The molecule has 0 fully saturated rings. The molecule has 2 heterocycles. The van der Waals surface area contributed by atoms with Crippen LogP contribution in [0.3, 0.4) is 0 Å². The molecule has 102 valence electrons. The Morgan fingerprint density at radius 2 is 2.47 bits per heavy atom. The quantitative estimate of drug-likeness (QED) is 0.470. The SMILES string of the molecule is CCCCn1nnnc1CON=C(N)c1ccsc1. The van der Waals surface area contributed by atoms with Crippen LogP contribution in [-0.2, 0) is 18.0 Å². The molecular weight excluding hydrogens is 264 g/mol. The van der Waals surface area contributed by atoms with E-state index in [1.54, 1.807) is 16.0 Å². The van der Waals surface area contributed by atoms with Crippen molar-refractivity contribution in [2.45, 2.75) is 32.9 Å². The second-order valence-corrected chi connectivity index (χ2v) is 4.71. The third-order valence-corrected chi connectivity index (χ3v) is 3.19. The zero-order valence-corrected chi connectivity index (χ0v) is 11.5. The number of amidine groups is 1. The Morgan fingerprint density at radius 1 is 1.58 bits per heavy atom. The van der Waals surface area contributed by atoms with E-state index in [1.807, 2.05) is 16.8 Å². The van der Waals surface area contributed by atoms with Gasteiger partial charge in [0.25, 0.3) is 0 Å². The van der Waals surface area contributed by atoms with Crippen molar-refractivity contribution in [3.05, 3.63) is 28.2 Å². The first-order valence-corrected chi connectivity index (χ1v) is 6.98. The number of hydrogen-bond acceptors (Lipinski definition) is 6. The van der Waals surface area contributed by atoms with Gasteiger partial charge in [-0.3, -0.25) is 0 Å². The van der Waals surface area contributed by atoms with E-state index in [-0.39, 0.29) is 6.61 Å². The molecule has 0 saturated heterocycles. The zero-order valence-electron chi connectivity index (χ0n) is 10.7. The number of tetrazole rings is 1. The average molecular weight is 280 g/mol. The molecule has 2 aromatic heterocycles. The van der Waals surface area contributed by atoms with Gasteiger partial charge in [-0.2, -0.15) is 11.3 Å². The summed E-state index contributed by atoms with van der Waals surface area (Å²) in [5.74, 6) is 1.00. The third kappa shape index (κ3) is 3.75. The Balaban J connectivity index is 1.89. The molecule has 0 spiro atoms. The summed E-state index contributed by atoms with van der Waals surface area (Å²) >= 11 is 1.56. The predicted molar refractivity (Wildman–Crippen MR) is 72.6 cm³/mol. The lowest BCUT2D eigenvalue weighted by Crippen LogP contribution is -2.13. The first-order valence-electron chi connectivity index (χ1n) is 6.04. The first kappa shape index (κ1) is 13.5. The van der Waals surface area contributed by atoms with Crippen LogP contribution in [0.1, 0.15) is 31.2 Å². The van der Waals surface area contributed by atoms with Gasteiger partial charge in [-0.05, 0) is 28.3 Å². The van der Waals surface area contributed by atoms with Gasteiger partial charge in [0.15, 0.2) is 18.3 Å². The summed E-state index contributed by atoms with van der Waals surface area (Å²) < 4.78 is 1.72. The minimum Gasteiger partial charge on any atom is -0.386 e. The van der Waals surface area contributed by atoms with Crippen LogP contribution in [0.25, 0.3) is 0 Å². The molecule has 0 aliphatic rings. The van der Waals surface area contributed by atoms with Gasteiger partial charge < -0.3 is 10.6 Å². The molecule has 0 atom stereocenters. The summed E-state index contributed by atoms with van der Waals surface area (Å²) in [6, 6.07) is 1.89. The van der Waals surface area contributed by atoms with Crippen molar-refractivity contribution in [1.82, 2.24) is 20.2 Å². The zero-order chi connectivity index (χ0) is 13.5. The van der Waals surface area contributed by atoms with Crippen LogP contribution in [-0.4, -0.2) is 26.0 Å². The Morgan fingerprint density at radius 3 is 3.21 bits per heavy atom. The molecular formula is C11H16N6OS. The Kier molecular flexibility index (Phi) is 4.85. The van der Waals surface area contributed by atoms with Gasteiger partial charge in [0.05, 0.1) is 0 Å². The van der Waals surface area contributed by atoms with Crippen LogP contribution in [0.2, 0.25) is 0 Å². The topological polar surface area (TPSA) is 91.2 Å². The summed E-state index contributed by atoms with van der Waals surface area (Å²) in [5.41, 5.74) is 6.63. The normalized spacial score (nSPS) is 11.7. The summed E-state index contributed by atoms with van der Waals surface area (Å²) in [4.78, 5) is 5.19. The smallest absolute Gasteiger partial charge is 0.191 e. The largest absolute Gasteiger partial charge is 0.386 e. The monoisotopic (exact) mass is 280 g/mol. The van der Waals surface area contributed by atoms with Crippen molar-refractivity contribution in [2.24, 2.45) is 10.9 Å². The van der Waals surface area contributed by atoms with Gasteiger partial charge in [-0.1, -0.05) is 18.5 Å². The molecule has 0 saturated carbocycles. The van der Waals surface area contributed by atoms with E-state index in [4.69, 9.17) is 10.6 Å². The van der Waals surface area contributed by atoms with Crippen molar-refractivity contribution < 1.29 is 4.84 Å². The minimum atomic E-state index is 0.210. The fourth-order valence-electron chi connectivity index (χ4n) is 1.43. The molecule has 0 aliphatic heterocycles. The van der Waals surface area contributed by atoms with Crippen molar-refractivity contribution in [3.8, 4) is 0 Å². The average Bonchev–Trinajstić information content (AvgIpc) is 3.07. The molecule has 8 heteroatoms. The van der Waals surface area contributed by atoms with E-state index >= 15 is 0 Å². The Hall–Kier alpha value is -1.96. The number of aryl methyl sites for hydroxylation is 1. The number of nitrogens with two attached hydrogens (primary N) is 1. The molecule has 2 rings (SSSR count). The van der Waals surface area contributed by atoms with E-state index in [0.29, 0.717) is 11.7 Å². The van der Waals surface area contributed by atoms with Crippen molar-refractivity contribution in [3.63, 3.8) is 0 Å². The van der Waals surface area contributed by atoms with Crippen molar-refractivity contribution in [2.75, 3.05) is 0 Å². The van der Waals surface area contributed by atoms with E-state index in [2.05, 4.69) is 27.6 Å². The summed E-state index contributed by atoms with van der Waals surface area (Å²) in [5, 5.41) is 19.1. The molecule has 0 radical (unpaired) electrons. The number of hydrogen-bond donors (Lipinski definition) is 1. The standard InChI is InChI=1S/C11H16N6OS/c1-2-3-5-17-10(13-15-16-17)7-18-14-11(12)9-4-6-19-8-9/h4,6,8H,2-3,5,7H2,1H3,(H2,12,14). The predicted octanol–water partition coefficient (Wildman–Crippen LogP) is 1.37. The fraction of sp³-hybridized carbons (Fsp3) is 0.455. The lowest BCUT2D eigenvalue weighted by molar-refractivity contribution is 0.120. The van der Waals surface area contributed by atoms with Crippen molar-refractivity contribution >= 4 is 17.2 Å². The van der Waals surface area contributed by atoms with Gasteiger partial charge in [0.2, 0.25) is 0 Å². The maximum atomic E-state index is 5.77. The number of oxime groups is 1. The number of nitrogens with zero attached hydrogens (tertiary/aromatic N) is 5. The number of aromatic nitrogens is 4. The second-order valence-electron chi connectivity index (χ2n) is 3.93. The highest BCUT2D eigenvalue weighted by Crippen LogP contribution is 2.06. The van der Waals surface area contributed by atoms with Crippen LogP contribution in [0, 0.1) is 0 Å². The van der Waals surface area contributed by atoms with Gasteiger partial charge in [0.1, 0.15) is 0 Å². The summed E-state index contributed by atoms with van der Waals surface area (Å²) in [6.07, 6.45) is 2.11. The van der Waals surface area contributed by atoms with E-state index in [9.17, 15) is 0 Å². The molecule has 7 nitrogen and oxygen atoms in total. The van der Waals surface area contributed by atoms with Crippen LogP contribution in [0.5, 0.6) is 0 Å². The van der Waals surface area contributed by atoms with E-state index in [1.165, 1.54) is 0 Å². The van der Waals surface area contributed by atoms with Gasteiger partial charge in [-0.15, -0.1) is 5.10 Å². The fourth-order valence-corrected chi connectivity index (χ4v) is 2.08. The number of rotatable bonds is 7. The highest BCUT2D eigenvalue weighted by Gasteiger charge is 2.06. The Bertz CT molecular complexity index is 521. The molecule has 0 aromatic carbocycles. The van der Waals surface area contributed by atoms with Gasteiger partial charge in [-0.25, -0.2) is 4.68 Å². The number of thiophene rings is 1. The third-order valence-electron chi connectivity index (χ3n) is 2.50. The first-order chi connectivity index (χ1) is 9.31. The maximum Gasteiger partial charge on any atom is 0.191 e. The van der Waals surface area contributed by atoms with Gasteiger partial charge >= 0.3 is 0 Å². The van der Waals surface area contributed by atoms with E-state index in [0.717, 1.165) is 24.9 Å². The minimum absolute atomic E-state index is 0.210. The van der Waals surface area contributed by atoms with Crippen LogP contribution < -0.4 is 5.73 Å². The number of unbranched alkanes of at least 4 members (excludes halogenated alkanes) is 1. The van der Waals surface area contributed by atoms with Gasteiger partial charge in [0, 0.05) is 17.5 Å². The molecule has 0 unspecified atom stereocenters.